The van der Waals surface area contributed by atoms with Crippen LogP contribution in [0.5, 0.6) is 0 Å². The Morgan fingerprint density at radius 3 is 2.38 bits per heavy atom. The number of sulfonamides is 1. The molecule has 5 nitrogen and oxygen atoms in total. The van der Waals surface area contributed by atoms with Crippen LogP contribution in [0.15, 0.2) is 59.5 Å². The second-order valence-corrected chi connectivity index (χ2v) is 7.79. The van der Waals surface area contributed by atoms with Crippen molar-refractivity contribution in [1.82, 2.24) is 9.62 Å². The molecule has 1 amide bonds. The van der Waals surface area contributed by atoms with E-state index >= 15 is 0 Å². The van der Waals surface area contributed by atoms with Gasteiger partial charge in [-0.1, -0.05) is 43.3 Å². The zero-order valence-corrected chi connectivity index (χ0v) is 16.1. The van der Waals surface area contributed by atoms with Gasteiger partial charge in [0, 0.05) is 26.2 Å². The van der Waals surface area contributed by atoms with Gasteiger partial charge in [-0.25, -0.2) is 13.1 Å². The zero-order chi connectivity index (χ0) is 19.2. The summed E-state index contributed by atoms with van der Waals surface area (Å²) in [7, 11) is -1.70. The molecule has 0 saturated heterocycles. The molecule has 0 spiro atoms. The Morgan fingerprint density at radius 1 is 1.12 bits per heavy atom. The Balaban J connectivity index is 2.02. The Kier molecular flexibility index (Phi) is 6.71. The lowest BCUT2D eigenvalue weighted by atomic mass is 10.1. The van der Waals surface area contributed by atoms with Gasteiger partial charge in [-0.05, 0) is 41.8 Å². The molecule has 0 radical (unpaired) electrons. The summed E-state index contributed by atoms with van der Waals surface area (Å²) in [6, 6.07) is 14.4. The van der Waals surface area contributed by atoms with Gasteiger partial charge >= 0.3 is 0 Å². The first-order valence-electron chi connectivity index (χ1n) is 8.41. The van der Waals surface area contributed by atoms with Crippen molar-refractivity contribution in [2.24, 2.45) is 0 Å². The maximum absolute atomic E-state index is 12.3. The molecule has 0 saturated carbocycles. The van der Waals surface area contributed by atoms with E-state index in [1.807, 2.05) is 31.2 Å². The van der Waals surface area contributed by atoms with Gasteiger partial charge in [0.15, 0.2) is 0 Å². The predicted octanol–water partition coefficient (Wildman–Crippen LogP) is 2.97. The summed E-state index contributed by atoms with van der Waals surface area (Å²) in [5.74, 6) is -0.113. The van der Waals surface area contributed by atoms with Crippen molar-refractivity contribution in [3.8, 4) is 0 Å². The highest BCUT2D eigenvalue weighted by molar-refractivity contribution is 7.89. The fraction of sp³-hybridized carbons (Fsp3) is 0.250. The molecule has 0 atom stereocenters. The zero-order valence-electron chi connectivity index (χ0n) is 15.3. The van der Waals surface area contributed by atoms with Crippen LogP contribution in [0, 0.1) is 6.92 Å². The van der Waals surface area contributed by atoms with E-state index in [2.05, 4.69) is 4.72 Å². The number of amides is 1. The van der Waals surface area contributed by atoms with Crippen LogP contribution in [0.1, 0.15) is 23.6 Å². The lowest BCUT2D eigenvalue weighted by Gasteiger charge is -2.16. The topological polar surface area (TPSA) is 66.5 Å². The van der Waals surface area contributed by atoms with Gasteiger partial charge in [-0.2, -0.15) is 0 Å². The second-order valence-electron chi connectivity index (χ2n) is 6.02. The molecule has 2 rings (SSSR count). The van der Waals surface area contributed by atoms with Crippen LogP contribution in [0.4, 0.5) is 0 Å². The van der Waals surface area contributed by atoms with Crippen molar-refractivity contribution in [2.45, 2.75) is 25.3 Å². The van der Waals surface area contributed by atoms with E-state index in [9.17, 15) is 13.2 Å². The van der Waals surface area contributed by atoms with Crippen molar-refractivity contribution in [2.75, 3.05) is 13.6 Å². The summed E-state index contributed by atoms with van der Waals surface area (Å²) < 4.78 is 26.3. The highest BCUT2D eigenvalue weighted by atomic mass is 32.2. The Hall–Kier alpha value is -2.44. The molecule has 0 fully saturated rings. The maximum Gasteiger partial charge on any atom is 0.246 e. The molecular formula is C20H24N2O3S. The van der Waals surface area contributed by atoms with Gasteiger partial charge in [0.1, 0.15) is 0 Å². The van der Waals surface area contributed by atoms with E-state index < -0.39 is 10.0 Å². The highest BCUT2D eigenvalue weighted by Gasteiger charge is 2.11. The fourth-order valence-electron chi connectivity index (χ4n) is 2.45. The van der Waals surface area contributed by atoms with Crippen molar-refractivity contribution >= 4 is 22.0 Å². The molecular weight excluding hydrogens is 348 g/mol. The van der Waals surface area contributed by atoms with Gasteiger partial charge in [0.2, 0.25) is 15.9 Å². The molecule has 6 heteroatoms. The van der Waals surface area contributed by atoms with Gasteiger partial charge in [0.25, 0.3) is 0 Å². The maximum atomic E-state index is 12.3. The van der Waals surface area contributed by atoms with Crippen molar-refractivity contribution in [1.29, 1.82) is 0 Å². The molecule has 2 aromatic rings. The number of carbonyl (C=O) groups excluding carboxylic acids is 1. The number of aryl methyl sites for hydroxylation is 1. The third kappa shape index (κ3) is 5.28. The van der Waals surface area contributed by atoms with Crippen LogP contribution >= 0.6 is 0 Å². The number of nitrogens with one attached hydrogen (secondary N) is 1. The number of hydrogen-bond acceptors (Lipinski definition) is 3. The number of carbonyl (C=O) groups is 1. The van der Waals surface area contributed by atoms with Gasteiger partial charge in [0.05, 0.1) is 4.90 Å². The number of rotatable bonds is 7. The van der Waals surface area contributed by atoms with Gasteiger partial charge in [-0.15, -0.1) is 0 Å². The SMILES string of the molecule is CCNS(=O)(=O)c1ccc(/C=C/C(=O)N(C)Cc2ccccc2C)cc1. The minimum atomic E-state index is -3.46. The average Bonchev–Trinajstić information content (AvgIpc) is 2.62. The van der Waals surface area contributed by atoms with Crippen LogP contribution in [-0.2, 0) is 21.4 Å². The summed E-state index contributed by atoms with van der Waals surface area (Å²) in [6.45, 7) is 4.63. The molecule has 1 N–H and O–H groups in total. The lowest BCUT2D eigenvalue weighted by molar-refractivity contribution is -0.125. The summed E-state index contributed by atoms with van der Waals surface area (Å²) in [6.07, 6.45) is 3.17. The molecule has 0 aliphatic heterocycles. The number of benzene rings is 2. The number of hydrogen-bond donors (Lipinski definition) is 1. The number of nitrogens with zero attached hydrogens (tertiary/aromatic N) is 1. The van der Waals surface area contributed by atoms with E-state index in [0.717, 1.165) is 16.7 Å². The van der Waals surface area contributed by atoms with Crippen LogP contribution in [-0.4, -0.2) is 32.8 Å². The van der Waals surface area contributed by atoms with E-state index in [1.54, 1.807) is 37.1 Å². The second kappa shape index (κ2) is 8.78. The third-order valence-corrected chi connectivity index (χ3v) is 5.55. The summed E-state index contributed by atoms with van der Waals surface area (Å²) in [5.41, 5.74) is 3.02. The predicted molar refractivity (Wildman–Crippen MR) is 104 cm³/mol. The first-order chi connectivity index (χ1) is 12.3. The smallest absolute Gasteiger partial charge is 0.246 e. The van der Waals surface area contributed by atoms with Crippen LogP contribution in [0.25, 0.3) is 6.08 Å². The van der Waals surface area contributed by atoms with Crippen molar-refractivity contribution in [3.05, 3.63) is 71.3 Å². The molecule has 0 unspecified atom stereocenters. The third-order valence-electron chi connectivity index (χ3n) is 3.99. The van der Waals surface area contributed by atoms with E-state index in [0.29, 0.717) is 13.1 Å². The quantitative estimate of drug-likeness (QED) is 0.760. The monoisotopic (exact) mass is 372 g/mol. The Bertz CT molecular complexity index is 888. The van der Waals surface area contributed by atoms with Crippen LogP contribution in [0.2, 0.25) is 0 Å². The van der Waals surface area contributed by atoms with Crippen molar-refractivity contribution < 1.29 is 13.2 Å². The Labute approximate surface area is 155 Å². The fourth-order valence-corrected chi connectivity index (χ4v) is 3.49. The van der Waals surface area contributed by atoms with Crippen LogP contribution in [0.3, 0.4) is 0 Å². The Morgan fingerprint density at radius 2 is 1.77 bits per heavy atom. The molecule has 0 aliphatic rings. The minimum absolute atomic E-state index is 0.113. The van der Waals surface area contributed by atoms with E-state index in [-0.39, 0.29) is 10.8 Å². The van der Waals surface area contributed by atoms with Crippen LogP contribution < -0.4 is 4.72 Å². The first-order valence-corrected chi connectivity index (χ1v) is 9.89. The molecule has 0 aromatic heterocycles. The molecule has 138 valence electrons. The van der Waals surface area contributed by atoms with Gasteiger partial charge in [-0.3, -0.25) is 4.79 Å². The van der Waals surface area contributed by atoms with E-state index in [4.69, 9.17) is 0 Å². The highest BCUT2D eigenvalue weighted by Crippen LogP contribution is 2.13. The minimum Gasteiger partial charge on any atom is -0.338 e. The molecule has 0 aliphatic carbocycles. The number of likely N-dealkylation sites (N-methyl/N-ethyl adjacent to an activating group) is 1. The summed E-state index contributed by atoms with van der Waals surface area (Å²) >= 11 is 0. The largest absolute Gasteiger partial charge is 0.338 e. The molecule has 0 heterocycles. The molecule has 26 heavy (non-hydrogen) atoms. The average molecular weight is 372 g/mol. The summed E-state index contributed by atoms with van der Waals surface area (Å²) in [4.78, 5) is 14.1. The van der Waals surface area contributed by atoms with Crippen molar-refractivity contribution in [3.63, 3.8) is 0 Å². The molecule has 0 bridgehead atoms. The van der Waals surface area contributed by atoms with Gasteiger partial charge < -0.3 is 4.90 Å². The normalized spacial score (nSPS) is 11.7. The van der Waals surface area contributed by atoms with E-state index in [1.165, 1.54) is 18.2 Å². The standard InChI is InChI=1S/C20H24N2O3S/c1-4-21-26(24,25)19-12-9-17(10-13-19)11-14-20(23)22(3)15-18-8-6-5-7-16(18)2/h5-14,21H,4,15H2,1-3H3/b14-11+. The molecule has 2 aromatic carbocycles. The summed E-state index contributed by atoms with van der Waals surface area (Å²) in [5, 5.41) is 0. The lowest BCUT2D eigenvalue weighted by Crippen LogP contribution is -2.24. The first kappa shape index (κ1) is 19.9.